The third-order valence-corrected chi connectivity index (χ3v) is 3.61. The van der Waals surface area contributed by atoms with E-state index in [1.165, 1.54) is 5.56 Å². The van der Waals surface area contributed by atoms with E-state index in [4.69, 9.17) is 4.74 Å². The highest BCUT2D eigenvalue weighted by molar-refractivity contribution is 5.90. The minimum atomic E-state index is 0.0284. The van der Waals surface area contributed by atoms with Gasteiger partial charge in [0.05, 0.1) is 7.11 Å². The quantitative estimate of drug-likeness (QED) is 0.787. The van der Waals surface area contributed by atoms with E-state index in [1.54, 1.807) is 7.11 Å². The smallest absolute Gasteiger partial charge is 0.225 e. The fraction of sp³-hybridized carbons (Fsp3) is 0.316. The first-order valence-electron chi connectivity index (χ1n) is 7.88. The zero-order valence-electron chi connectivity index (χ0n) is 13.7. The number of hydrogen-bond donors (Lipinski definition) is 2. The van der Waals surface area contributed by atoms with Crippen molar-refractivity contribution in [3.63, 3.8) is 0 Å². The van der Waals surface area contributed by atoms with Gasteiger partial charge in [0, 0.05) is 18.2 Å². The van der Waals surface area contributed by atoms with Crippen molar-refractivity contribution in [2.75, 3.05) is 19.0 Å². The summed E-state index contributed by atoms with van der Waals surface area (Å²) in [6.07, 6.45) is 1.38. The monoisotopic (exact) mass is 312 g/mol. The molecule has 0 bridgehead atoms. The molecule has 1 unspecified atom stereocenters. The lowest BCUT2D eigenvalue weighted by Gasteiger charge is -2.14. The van der Waals surface area contributed by atoms with Crippen molar-refractivity contribution >= 4 is 11.6 Å². The van der Waals surface area contributed by atoms with Crippen LogP contribution in [0.25, 0.3) is 0 Å². The SMILES string of the molecule is COc1ccc(CCNC(C)CC(=O)Nc2ccccc2)cc1. The third kappa shape index (κ3) is 6.12. The molecule has 2 aromatic rings. The number of benzene rings is 2. The molecule has 0 radical (unpaired) electrons. The van der Waals surface area contributed by atoms with E-state index in [2.05, 4.69) is 22.8 Å². The Kier molecular flexibility index (Phi) is 6.63. The Bertz CT molecular complexity index is 597. The highest BCUT2D eigenvalue weighted by Gasteiger charge is 2.08. The second kappa shape index (κ2) is 8.96. The van der Waals surface area contributed by atoms with Crippen molar-refractivity contribution < 1.29 is 9.53 Å². The normalized spacial score (nSPS) is 11.7. The fourth-order valence-electron chi connectivity index (χ4n) is 2.34. The zero-order chi connectivity index (χ0) is 16.5. The van der Waals surface area contributed by atoms with Gasteiger partial charge in [-0.1, -0.05) is 30.3 Å². The van der Waals surface area contributed by atoms with E-state index in [-0.39, 0.29) is 11.9 Å². The number of rotatable bonds is 8. The van der Waals surface area contributed by atoms with Crippen molar-refractivity contribution in [1.82, 2.24) is 5.32 Å². The molecule has 122 valence electrons. The topological polar surface area (TPSA) is 50.4 Å². The van der Waals surface area contributed by atoms with Crippen molar-refractivity contribution in [2.45, 2.75) is 25.8 Å². The number of carbonyl (C=O) groups excluding carboxylic acids is 1. The Balaban J connectivity index is 1.68. The predicted molar refractivity (Wildman–Crippen MR) is 93.9 cm³/mol. The first-order valence-corrected chi connectivity index (χ1v) is 7.88. The minimum Gasteiger partial charge on any atom is -0.497 e. The molecule has 1 atom stereocenters. The van der Waals surface area contributed by atoms with Crippen LogP contribution in [0.15, 0.2) is 54.6 Å². The van der Waals surface area contributed by atoms with Gasteiger partial charge in [-0.15, -0.1) is 0 Å². The molecule has 4 heteroatoms. The average molecular weight is 312 g/mol. The van der Waals surface area contributed by atoms with Gasteiger partial charge in [-0.25, -0.2) is 0 Å². The molecule has 4 nitrogen and oxygen atoms in total. The predicted octanol–water partition coefficient (Wildman–Crippen LogP) is 3.24. The number of nitrogens with one attached hydrogen (secondary N) is 2. The summed E-state index contributed by atoms with van der Waals surface area (Å²) < 4.78 is 5.14. The molecule has 2 N–H and O–H groups in total. The summed E-state index contributed by atoms with van der Waals surface area (Å²) in [6.45, 7) is 2.87. The Labute approximate surface area is 137 Å². The lowest BCUT2D eigenvalue weighted by molar-refractivity contribution is -0.116. The highest BCUT2D eigenvalue weighted by atomic mass is 16.5. The van der Waals surface area contributed by atoms with Gasteiger partial charge in [-0.05, 0) is 49.7 Å². The second-order valence-electron chi connectivity index (χ2n) is 5.57. The van der Waals surface area contributed by atoms with Crippen LogP contribution in [0.1, 0.15) is 18.9 Å². The van der Waals surface area contributed by atoms with Gasteiger partial charge < -0.3 is 15.4 Å². The standard InChI is InChI=1S/C19H24N2O2/c1-15(14-19(22)21-17-6-4-3-5-7-17)20-13-12-16-8-10-18(23-2)11-9-16/h3-11,15,20H,12-14H2,1-2H3,(H,21,22). The van der Waals surface area contributed by atoms with Crippen molar-refractivity contribution in [1.29, 1.82) is 0 Å². The number of ether oxygens (including phenoxy) is 1. The summed E-state index contributed by atoms with van der Waals surface area (Å²) in [5.74, 6) is 0.897. The molecule has 0 aromatic heterocycles. The maximum atomic E-state index is 12.0. The number of para-hydroxylation sites is 1. The molecule has 0 aliphatic heterocycles. The molecule has 1 amide bonds. The van der Waals surface area contributed by atoms with Crippen molar-refractivity contribution in [3.8, 4) is 5.75 Å². The van der Waals surface area contributed by atoms with E-state index in [0.717, 1.165) is 24.4 Å². The average Bonchev–Trinajstić information content (AvgIpc) is 2.56. The van der Waals surface area contributed by atoms with Gasteiger partial charge in [0.15, 0.2) is 0 Å². The fourth-order valence-corrected chi connectivity index (χ4v) is 2.34. The number of hydrogen-bond acceptors (Lipinski definition) is 3. The molecule has 0 spiro atoms. The van der Waals surface area contributed by atoms with Gasteiger partial charge in [0.2, 0.25) is 5.91 Å². The maximum Gasteiger partial charge on any atom is 0.225 e. The lowest BCUT2D eigenvalue weighted by atomic mass is 10.1. The van der Waals surface area contributed by atoms with E-state index >= 15 is 0 Å². The van der Waals surface area contributed by atoms with Gasteiger partial charge in [-0.3, -0.25) is 4.79 Å². The summed E-state index contributed by atoms with van der Waals surface area (Å²) in [7, 11) is 1.67. The van der Waals surface area contributed by atoms with Crippen LogP contribution in [0, 0.1) is 0 Å². The van der Waals surface area contributed by atoms with Crippen molar-refractivity contribution in [2.24, 2.45) is 0 Å². The third-order valence-electron chi connectivity index (χ3n) is 3.61. The van der Waals surface area contributed by atoms with Crippen LogP contribution in [0.2, 0.25) is 0 Å². The summed E-state index contributed by atoms with van der Waals surface area (Å²) in [5, 5.41) is 6.29. The minimum absolute atomic E-state index is 0.0284. The van der Waals surface area contributed by atoms with Crippen LogP contribution in [-0.2, 0) is 11.2 Å². The van der Waals surface area contributed by atoms with Crippen LogP contribution in [0.5, 0.6) is 5.75 Å². The molecule has 0 aliphatic carbocycles. The van der Waals surface area contributed by atoms with E-state index < -0.39 is 0 Å². The van der Waals surface area contributed by atoms with Gasteiger partial charge in [-0.2, -0.15) is 0 Å². The first-order chi connectivity index (χ1) is 11.2. The molecule has 23 heavy (non-hydrogen) atoms. The number of methoxy groups -OCH3 is 1. The molecule has 0 saturated carbocycles. The largest absolute Gasteiger partial charge is 0.497 e. The molecule has 2 rings (SSSR count). The van der Waals surface area contributed by atoms with Crippen LogP contribution >= 0.6 is 0 Å². The molecule has 0 heterocycles. The van der Waals surface area contributed by atoms with Crippen LogP contribution in [0.4, 0.5) is 5.69 Å². The Morgan fingerprint density at radius 1 is 1.09 bits per heavy atom. The summed E-state index contributed by atoms with van der Waals surface area (Å²) >= 11 is 0. The van der Waals surface area contributed by atoms with Gasteiger partial charge >= 0.3 is 0 Å². The molecular formula is C19H24N2O2. The summed E-state index contributed by atoms with van der Waals surface area (Å²) in [5.41, 5.74) is 2.09. The van der Waals surface area contributed by atoms with E-state index in [0.29, 0.717) is 6.42 Å². The molecule has 0 saturated heterocycles. The van der Waals surface area contributed by atoms with Gasteiger partial charge in [0.25, 0.3) is 0 Å². The summed E-state index contributed by atoms with van der Waals surface area (Å²) in [4.78, 5) is 12.0. The Morgan fingerprint density at radius 2 is 1.78 bits per heavy atom. The first kappa shape index (κ1) is 17.0. The number of anilines is 1. The van der Waals surface area contributed by atoms with E-state index in [1.807, 2.05) is 49.4 Å². The molecule has 0 fully saturated rings. The Hall–Kier alpha value is -2.33. The summed E-state index contributed by atoms with van der Waals surface area (Å²) in [6, 6.07) is 17.7. The zero-order valence-corrected chi connectivity index (χ0v) is 13.7. The molecule has 0 aliphatic rings. The van der Waals surface area contributed by atoms with Crippen LogP contribution in [-0.4, -0.2) is 25.6 Å². The Morgan fingerprint density at radius 3 is 2.43 bits per heavy atom. The number of amides is 1. The van der Waals surface area contributed by atoms with Crippen LogP contribution in [0.3, 0.4) is 0 Å². The second-order valence-corrected chi connectivity index (χ2v) is 5.57. The van der Waals surface area contributed by atoms with E-state index in [9.17, 15) is 4.79 Å². The highest BCUT2D eigenvalue weighted by Crippen LogP contribution is 2.11. The lowest BCUT2D eigenvalue weighted by Crippen LogP contribution is -2.32. The number of carbonyl (C=O) groups is 1. The molecular weight excluding hydrogens is 288 g/mol. The van der Waals surface area contributed by atoms with Crippen molar-refractivity contribution in [3.05, 3.63) is 60.2 Å². The molecule has 2 aromatic carbocycles. The van der Waals surface area contributed by atoms with Gasteiger partial charge in [0.1, 0.15) is 5.75 Å². The maximum absolute atomic E-state index is 12.0. The van der Waals surface area contributed by atoms with Crippen LogP contribution < -0.4 is 15.4 Å².